The van der Waals surface area contributed by atoms with Crippen LogP contribution in [0.5, 0.6) is 0 Å². The van der Waals surface area contributed by atoms with Crippen molar-refractivity contribution < 1.29 is 19.1 Å². The molecule has 0 fully saturated rings. The first kappa shape index (κ1) is 14.9. The highest BCUT2D eigenvalue weighted by atomic mass is 79.9. The van der Waals surface area contributed by atoms with Gasteiger partial charge in [-0.15, -0.1) is 0 Å². The monoisotopic (exact) mass is 363 g/mol. The maximum atomic E-state index is 13.4. The maximum Gasteiger partial charge on any atom is 0.261 e. The number of anilines is 1. The van der Waals surface area contributed by atoms with Gasteiger partial charge in [-0.25, -0.2) is 4.39 Å². The van der Waals surface area contributed by atoms with Crippen LogP contribution in [0, 0.1) is 5.82 Å². The first-order chi connectivity index (χ1) is 10.4. The molecule has 22 heavy (non-hydrogen) atoms. The minimum Gasteiger partial charge on any atom is -0.375 e. The molecule has 1 aliphatic heterocycles. The minimum atomic E-state index is -2.06. The molecule has 0 spiro atoms. The first-order valence-electron chi connectivity index (χ1n) is 6.53. The first-order valence-corrected chi connectivity index (χ1v) is 7.32. The van der Waals surface area contributed by atoms with Crippen LogP contribution in [0.15, 0.2) is 46.9 Å². The summed E-state index contributed by atoms with van der Waals surface area (Å²) in [4.78, 5) is 24.4. The van der Waals surface area contributed by atoms with Crippen LogP contribution in [0.1, 0.15) is 22.3 Å². The van der Waals surface area contributed by atoms with Gasteiger partial charge in [0.05, 0.1) is 6.42 Å². The fourth-order valence-corrected chi connectivity index (χ4v) is 2.89. The predicted molar refractivity (Wildman–Crippen MR) is 82.0 cm³/mol. The highest BCUT2D eigenvalue weighted by Crippen LogP contribution is 2.39. The number of amides is 1. The molecule has 0 bridgehead atoms. The molecule has 0 aromatic heterocycles. The van der Waals surface area contributed by atoms with E-state index in [0.29, 0.717) is 15.7 Å². The van der Waals surface area contributed by atoms with Crippen LogP contribution in [0.3, 0.4) is 0 Å². The van der Waals surface area contributed by atoms with Crippen molar-refractivity contribution in [3.05, 3.63) is 63.9 Å². The van der Waals surface area contributed by atoms with Gasteiger partial charge in [0.25, 0.3) is 5.91 Å². The summed E-state index contributed by atoms with van der Waals surface area (Å²) in [5, 5.41) is 13.1. The van der Waals surface area contributed by atoms with Crippen molar-refractivity contribution in [2.24, 2.45) is 0 Å². The molecule has 6 heteroatoms. The summed E-state index contributed by atoms with van der Waals surface area (Å²) in [6, 6.07) is 10.3. The van der Waals surface area contributed by atoms with Crippen molar-refractivity contribution in [2.45, 2.75) is 12.0 Å². The molecule has 1 amide bonds. The molecule has 0 radical (unpaired) electrons. The zero-order valence-electron chi connectivity index (χ0n) is 11.3. The number of nitrogens with one attached hydrogen (secondary N) is 1. The van der Waals surface area contributed by atoms with Crippen LogP contribution in [0.2, 0.25) is 0 Å². The lowest BCUT2D eigenvalue weighted by Gasteiger charge is -2.20. The molecule has 1 atom stereocenters. The van der Waals surface area contributed by atoms with Gasteiger partial charge < -0.3 is 10.4 Å². The Hall–Kier alpha value is -2.05. The number of fused-ring (bicyclic) bond motifs is 1. The number of hydrogen-bond acceptors (Lipinski definition) is 3. The Morgan fingerprint density at radius 1 is 1.27 bits per heavy atom. The van der Waals surface area contributed by atoms with Crippen LogP contribution >= 0.6 is 15.9 Å². The van der Waals surface area contributed by atoms with Gasteiger partial charge in [-0.05, 0) is 30.3 Å². The Bertz CT molecular complexity index is 793. The number of ketones is 1. The van der Waals surface area contributed by atoms with Crippen molar-refractivity contribution in [2.75, 3.05) is 5.32 Å². The topological polar surface area (TPSA) is 66.4 Å². The number of Topliss-reactive ketones (excluding diaryl/α,β-unsaturated/α-hetero) is 1. The van der Waals surface area contributed by atoms with E-state index in [1.54, 1.807) is 24.3 Å². The van der Waals surface area contributed by atoms with Crippen LogP contribution in [0.4, 0.5) is 10.1 Å². The van der Waals surface area contributed by atoms with Crippen molar-refractivity contribution >= 4 is 33.3 Å². The second-order valence-corrected chi connectivity index (χ2v) is 6.03. The van der Waals surface area contributed by atoms with Crippen LogP contribution in [0.25, 0.3) is 0 Å². The van der Waals surface area contributed by atoms with E-state index < -0.39 is 29.5 Å². The average Bonchev–Trinajstić information content (AvgIpc) is 2.71. The third-order valence-corrected chi connectivity index (χ3v) is 4.11. The molecule has 2 N–H and O–H groups in total. The number of carbonyl (C=O) groups is 2. The highest BCUT2D eigenvalue weighted by Gasteiger charge is 2.47. The summed E-state index contributed by atoms with van der Waals surface area (Å²) in [5.41, 5.74) is -1.30. The molecule has 3 rings (SSSR count). The molecule has 1 heterocycles. The van der Waals surface area contributed by atoms with E-state index >= 15 is 0 Å². The van der Waals surface area contributed by atoms with Crippen LogP contribution in [-0.4, -0.2) is 16.8 Å². The molecule has 2 aromatic rings. The summed E-state index contributed by atoms with van der Waals surface area (Å²) >= 11 is 3.26. The lowest BCUT2D eigenvalue weighted by Crippen LogP contribution is -2.36. The summed E-state index contributed by atoms with van der Waals surface area (Å²) in [7, 11) is 0. The van der Waals surface area contributed by atoms with E-state index in [1.165, 1.54) is 12.1 Å². The fourth-order valence-electron chi connectivity index (χ4n) is 2.49. The Labute approximate surface area is 134 Å². The highest BCUT2D eigenvalue weighted by molar-refractivity contribution is 9.10. The summed E-state index contributed by atoms with van der Waals surface area (Å²) in [6.07, 6.45) is -0.453. The van der Waals surface area contributed by atoms with E-state index in [2.05, 4.69) is 21.2 Å². The molecule has 0 aliphatic carbocycles. The number of carbonyl (C=O) groups excluding carboxylic acids is 2. The molecule has 4 nitrogen and oxygen atoms in total. The smallest absolute Gasteiger partial charge is 0.261 e. The lowest BCUT2D eigenvalue weighted by molar-refractivity contribution is -0.133. The minimum absolute atomic E-state index is 0.0841. The Morgan fingerprint density at radius 2 is 2.05 bits per heavy atom. The van der Waals surface area contributed by atoms with Crippen molar-refractivity contribution in [1.82, 2.24) is 0 Å². The van der Waals surface area contributed by atoms with Gasteiger partial charge in [0.2, 0.25) is 0 Å². The normalized spacial score (nSPS) is 19.7. The zero-order valence-corrected chi connectivity index (χ0v) is 12.9. The predicted octanol–water partition coefficient (Wildman–Crippen LogP) is 3.00. The third-order valence-electron chi connectivity index (χ3n) is 3.61. The molecule has 0 saturated heterocycles. The van der Waals surface area contributed by atoms with Gasteiger partial charge in [-0.2, -0.15) is 0 Å². The summed E-state index contributed by atoms with van der Waals surface area (Å²) in [5.74, 6) is -1.71. The molecule has 0 unspecified atom stereocenters. The summed E-state index contributed by atoms with van der Waals surface area (Å²) < 4.78 is 14.1. The van der Waals surface area contributed by atoms with Gasteiger partial charge >= 0.3 is 0 Å². The van der Waals surface area contributed by atoms with Crippen molar-refractivity contribution in [3.8, 4) is 0 Å². The van der Waals surface area contributed by atoms with Gasteiger partial charge in [-0.1, -0.05) is 28.1 Å². The fraction of sp³-hybridized carbons (Fsp3) is 0.125. The number of halogens is 2. The van der Waals surface area contributed by atoms with Crippen molar-refractivity contribution in [3.63, 3.8) is 0 Å². The maximum absolute atomic E-state index is 13.4. The Morgan fingerprint density at radius 3 is 2.77 bits per heavy atom. The number of benzene rings is 2. The molecule has 0 saturated carbocycles. The van der Waals surface area contributed by atoms with Gasteiger partial charge in [0.1, 0.15) is 5.82 Å². The second kappa shape index (κ2) is 5.30. The third kappa shape index (κ3) is 2.44. The molecule has 112 valence electrons. The Balaban J connectivity index is 1.96. The Kier molecular flexibility index (Phi) is 3.58. The van der Waals surface area contributed by atoms with Gasteiger partial charge in [0, 0.05) is 21.3 Å². The molecular formula is C16H11BrFNO3. The standard InChI is InChI=1S/C16H11BrFNO3/c17-10-3-1-2-9(6-10)14(20)8-16(22)12-7-11(18)4-5-13(12)19-15(16)21/h1-7,22H,8H2,(H,19,21)/t16-/m1/s1. The summed E-state index contributed by atoms with van der Waals surface area (Å²) in [6.45, 7) is 0. The number of rotatable bonds is 3. The van der Waals surface area contributed by atoms with Crippen molar-refractivity contribution in [1.29, 1.82) is 0 Å². The van der Waals surface area contributed by atoms with E-state index in [4.69, 9.17) is 0 Å². The lowest BCUT2D eigenvalue weighted by atomic mass is 9.88. The van der Waals surface area contributed by atoms with Crippen LogP contribution < -0.4 is 5.32 Å². The van der Waals surface area contributed by atoms with E-state index in [9.17, 15) is 19.1 Å². The number of aliphatic hydroxyl groups is 1. The quantitative estimate of drug-likeness (QED) is 0.823. The number of hydrogen-bond donors (Lipinski definition) is 2. The molecule has 2 aromatic carbocycles. The van der Waals surface area contributed by atoms with E-state index in [-0.39, 0.29) is 5.56 Å². The SMILES string of the molecule is O=C(C[C@]1(O)C(=O)Nc2ccc(F)cc21)c1cccc(Br)c1. The largest absolute Gasteiger partial charge is 0.375 e. The zero-order chi connectivity index (χ0) is 15.9. The second-order valence-electron chi connectivity index (χ2n) is 5.11. The van der Waals surface area contributed by atoms with E-state index in [0.717, 1.165) is 6.07 Å². The van der Waals surface area contributed by atoms with Gasteiger partial charge in [-0.3, -0.25) is 9.59 Å². The van der Waals surface area contributed by atoms with Crippen LogP contribution in [-0.2, 0) is 10.4 Å². The van der Waals surface area contributed by atoms with E-state index in [1.807, 2.05) is 0 Å². The van der Waals surface area contributed by atoms with Gasteiger partial charge in [0.15, 0.2) is 11.4 Å². The molecule has 1 aliphatic rings. The molecular weight excluding hydrogens is 353 g/mol. The average molecular weight is 364 g/mol.